The van der Waals surface area contributed by atoms with Crippen molar-refractivity contribution < 1.29 is 0 Å². The Morgan fingerprint density at radius 2 is 0.972 bits per heavy atom. The Morgan fingerprint density at radius 3 is 1.47 bits per heavy atom. The van der Waals surface area contributed by atoms with Crippen molar-refractivity contribution >= 4 is 21.5 Å². The van der Waals surface area contributed by atoms with Gasteiger partial charge in [-0.3, -0.25) is 9.97 Å². The summed E-state index contributed by atoms with van der Waals surface area (Å²) >= 11 is 0. The van der Waals surface area contributed by atoms with Crippen molar-refractivity contribution in [1.82, 2.24) is 9.97 Å². The lowest BCUT2D eigenvalue weighted by atomic mass is 9.85. The SMILES string of the molecule is CC.CC.CC.CC.CC(C)(C)c1cncc2ccccc12.CC(C)(C)c1nccc2ccccc12. The topological polar surface area (TPSA) is 25.8 Å². The Bertz CT molecular complexity index is 983. The van der Waals surface area contributed by atoms with Crippen molar-refractivity contribution in [2.75, 3.05) is 0 Å². The van der Waals surface area contributed by atoms with Crippen molar-refractivity contribution in [1.29, 1.82) is 0 Å². The molecule has 0 saturated heterocycles. The molecule has 2 heteroatoms. The highest BCUT2D eigenvalue weighted by Gasteiger charge is 2.18. The van der Waals surface area contributed by atoms with Gasteiger partial charge in [0.25, 0.3) is 0 Å². The summed E-state index contributed by atoms with van der Waals surface area (Å²) in [5.41, 5.74) is 2.76. The second kappa shape index (κ2) is 18.5. The number of aromatic nitrogens is 2. The lowest BCUT2D eigenvalue weighted by Crippen LogP contribution is -2.13. The molecule has 0 saturated carbocycles. The molecule has 4 rings (SSSR count). The van der Waals surface area contributed by atoms with Gasteiger partial charge in [-0.15, -0.1) is 0 Å². The predicted molar refractivity (Wildman–Crippen MR) is 166 cm³/mol. The molecule has 0 aliphatic heterocycles. The fourth-order valence-electron chi connectivity index (χ4n) is 3.43. The molecule has 0 radical (unpaired) electrons. The molecule has 36 heavy (non-hydrogen) atoms. The van der Waals surface area contributed by atoms with E-state index in [1.54, 1.807) is 0 Å². The Hall–Kier alpha value is -2.74. The average Bonchev–Trinajstić information content (AvgIpc) is 2.92. The minimum absolute atomic E-state index is 0.112. The fourth-order valence-corrected chi connectivity index (χ4v) is 3.43. The zero-order valence-corrected chi connectivity index (χ0v) is 25.8. The number of rotatable bonds is 0. The van der Waals surface area contributed by atoms with Gasteiger partial charge in [0.1, 0.15) is 0 Å². The van der Waals surface area contributed by atoms with E-state index >= 15 is 0 Å². The maximum absolute atomic E-state index is 4.48. The summed E-state index contributed by atoms with van der Waals surface area (Å²) in [4.78, 5) is 8.76. The van der Waals surface area contributed by atoms with Crippen LogP contribution in [0.3, 0.4) is 0 Å². The largest absolute Gasteiger partial charge is 0.264 e. The molecule has 200 valence electrons. The van der Waals surface area contributed by atoms with Crippen molar-refractivity contribution in [3.63, 3.8) is 0 Å². The molecule has 2 aromatic carbocycles. The van der Waals surface area contributed by atoms with E-state index in [1.807, 2.05) is 74.0 Å². The van der Waals surface area contributed by atoms with Crippen LogP contribution >= 0.6 is 0 Å². The fraction of sp³-hybridized carbons (Fsp3) is 0.471. The Balaban J connectivity index is 0. The quantitative estimate of drug-likeness (QED) is 0.245. The summed E-state index contributed by atoms with van der Waals surface area (Å²) in [5.74, 6) is 0. The van der Waals surface area contributed by atoms with E-state index in [-0.39, 0.29) is 10.8 Å². The van der Waals surface area contributed by atoms with Gasteiger partial charge in [0, 0.05) is 34.8 Å². The van der Waals surface area contributed by atoms with Gasteiger partial charge in [-0.1, -0.05) is 145 Å². The first-order chi connectivity index (χ1) is 17.2. The van der Waals surface area contributed by atoms with E-state index < -0.39 is 0 Å². The maximum atomic E-state index is 4.48. The third-order valence-electron chi connectivity index (χ3n) is 4.86. The minimum Gasteiger partial charge on any atom is -0.264 e. The van der Waals surface area contributed by atoms with E-state index in [0.29, 0.717) is 0 Å². The molecule has 0 atom stereocenters. The zero-order chi connectivity index (χ0) is 28.4. The van der Waals surface area contributed by atoms with Crippen LogP contribution in [0.4, 0.5) is 0 Å². The normalized spacial score (nSPS) is 9.94. The zero-order valence-electron chi connectivity index (χ0n) is 25.8. The van der Waals surface area contributed by atoms with Crippen LogP contribution in [0.1, 0.15) is 108 Å². The van der Waals surface area contributed by atoms with Gasteiger partial charge in [0.15, 0.2) is 0 Å². The molecule has 0 fully saturated rings. The highest BCUT2D eigenvalue weighted by atomic mass is 14.7. The maximum Gasteiger partial charge on any atom is 0.0535 e. The summed E-state index contributed by atoms with van der Waals surface area (Å²) in [5, 5.41) is 5.07. The third-order valence-corrected chi connectivity index (χ3v) is 4.86. The van der Waals surface area contributed by atoms with Gasteiger partial charge in [-0.05, 0) is 27.8 Å². The summed E-state index contributed by atoms with van der Waals surface area (Å²) in [6.07, 6.45) is 5.79. The minimum atomic E-state index is 0.112. The number of pyridine rings is 2. The molecule has 2 heterocycles. The van der Waals surface area contributed by atoms with Crippen LogP contribution < -0.4 is 0 Å². The van der Waals surface area contributed by atoms with Crippen LogP contribution in [0.25, 0.3) is 21.5 Å². The molecule has 0 bridgehead atoms. The first-order valence-corrected chi connectivity index (χ1v) is 13.9. The molecular formula is C34H54N2. The molecule has 2 aromatic heterocycles. The first-order valence-electron chi connectivity index (χ1n) is 13.9. The van der Waals surface area contributed by atoms with Gasteiger partial charge in [0.05, 0.1) is 5.69 Å². The van der Waals surface area contributed by atoms with Crippen molar-refractivity contribution in [3.05, 3.63) is 84.4 Å². The van der Waals surface area contributed by atoms with Crippen molar-refractivity contribution in [3.8, 4) is 0 Å². The summed E-state index contributed by atoms with van der Waals surface area (Å²) in [7, 11) is 0. The molecule has 0 aliphatic carbocycles. The van der Waals surface area contributed by atoms with E-state index in [0.717, 1.165) is 0 Å². The van der Waals surface area contributed by atoms with Crippen LogP contribution in [-0.2, 0) is 10.8 Å². The first kappa shape index (κ1) is 35.4. The second-order valence-electron chi connectivity index (χ2n) is 9.29. The monoisotopic (exact) mass is 490 g/mol. The van der Waals surface area contributed by atoms with E-state index in [2.05, 4.69) is 106 Å². The molecule has 0 spiro atoms. The highest BCUT2D eigenvalue weighted by Crippen LogP contribution is 2.29. The molecule has 0 aliphatic rings. The predicted octanol–water partition coefficient (Wildman–Crippen LogP) is 11.2. The standard InChI is InChI=1S/2C13H15N.4C2H6/c1-13(2,3)12-9-14-8-10-6-4-5-7-11(10)12;1-13(2,3)12-11-7-5-4-6-10(11)8-9-14-12;4*1-2/h2*4-9H,1-3H3;4*1-2H3. The number of fused-ring (bicyclic) bond motifs is 2. The van der Waals surface area contributed by atoms with E-state index in [4.69, 9.17) is 0 Å². The Morgan fingerprint density at radius 1 is 0.500 bits per heavy atom. The van der Waals surface area contributed by atoms with E-state index in [1.165, 1.54) is 32.8 Å². The molecule has 2 nitrogen and oxygen atoms in total. The third kappa shape index (κ3) is 10.9. The van der Waals surface area contributed by atoms with Gasteiger partial charge in [-0.2, -0.15) is 0 Å². The summed E-state index contributed by atoms with van der Waals surface area (Å²) < 4.78 is 0. The number of benzene rings is 2. The van der Waals surface area contributed by atoms with Crippen LogP contribution in [-0.4, -0.2) is 9.97 Å². The number of nitrogens with zero attached hydrogens (tertiary/aromatic N) is 2. The van der Waals surface area contributed by atoms with E-state index in [9.17, 15) is 0 Å². The summed E-state index contributed by atoms with van der Waals surface area (Å²) in [6, 6.07) is 18.9. The second-order valence-corrected chi connectivity index (χ2v) is 9.29. The molecule has 0 unspecified atom stereocenters. The average molecular weight is 491 g/mol. The molecule has 0 amide bonds. The smallest absolute Gasteiger partial charge is 0.0535 e. The van der Waals surface area contributed by atoms with Gasteiger partial charge >= 0.3 is 0 Å². The van der Waals surface area contributed by atoms with Crippen LogP contribution in [0.2, 0.25) is 0 Å². The summed E-state index contributed by atoms with van der Waals surface area (Å²) in [6.45, 7) is 29.2. The van der Waals surface area contributed by atoms with Gasteiger partial charge in [0.2, 0.25) is 0 Å². The molecule has 4 aromatic rings. The Kier molecular flexibility index (Phi) is 18.2. The lowest BCUT2D eigenvalue weighted by molar-refractivity contribution is 0.575. The molecular weight excluding hydrogens is 436 g/mol. The van der Waals surface area contributed by atoms with Crippen molar-refractivity contribution in [2.45, 2.75) is 108 Å². The molecule has 0 N–H and O–H groups in total. The van der Waals surface area contributed by atoms with Crippen LogP contribution in [0, 0.1) is 0 Å². The van der Waals surface area contributed by atoms with Gasteiger partial charge in [-0.25, -0.2) is 0 Å². The Labute approximate surface area is 223 Å². The van der Waals surface area contributed by atoms with Crippen LogP contribution in [0.5, 0.6) is 0 Å². The lowest BCUT2D eigenvalue weighted by Gasteiger charge is -2.20. The number of hydrogen-bond acceptors (Lipinski definition) is 2. The van der Waals surface area contributed by atoms with Crippen molar-refractivity contribution in [2.24, 2.45) is 0 Å². The highest BCUT2D eigenvalue weighted by molar-refractivity contribution is 5.86. The van der Waals surface area contributed by atoms with Gasteiger partial charge < -0.3 is 0 Å². The number of hydrogen-bond donors (Lipinski definition) is 0. The van der Waals surface area contributed by atoms with Crippen LogP contribution in [0.15, 0.2) is 73.2 Å².